The molecule has 58 heavy (non-hydrogen) atoms. The summed E-state index contributed by atoms with van der Waals surface area (Å²) in [7, 11) is 0. The van der Waals surface area contributed by atoms with Crippen LogP contribution in [0, 0.1) is 0 Å². The molecule has 2 atom stereocenters. The van der Waals surface area contributed by atoms with Gasteiger partial charge in [0.1, 0.15) is 40.6 Å². The number of aliphatic hydroxyl groups is 2. The minimum absolute atomic E-state index is 0.0281. The lowest BCUT2D eigenvalue weighted by atomic mass is 9.93. The SMILES string of the molecule is C=C(C)[C@@H](O)Cc1c(O)c(CC=C(C)C)c(O)c2c(=O)c(-c3ccc(O[C@H](CO)CCCCCCCCCCCCCCCCCCCCCCCC)cc3)coc12. The molecule has 0 fully saturated rings. The zero-order valence-electron chi connectivity index (χ0n) is 36.7. The maximum atomic E-state index is 13.9. The van der Waals surface area contributed by atoms with Crippen LogP contribution in [0.15, 0.2) is 63.5 Å². The van der Waals surface area contributed by atoms with E-state index in [1.807, 2.05) is 19.9 Å². The molecule has 1 heterocycles. The molecule has 0 unspecified atom stereocenters. The van der Waals surface area contributed by atoms with E-state index in [1.54, 1.807) is 31.2 Å². The summed E-state index contributed by atoms with van der Waals surface area (Å²) in [4.78, 5) is 13.9. The van der Waals surface area contributed by atoms with Gasteiger partial charge in [0, 0.05) is 17.5 Å². The minimum Gasteiger partial charge on any atom is -0.507 e. The molecule has 7 nitrogen and oxygen atoms in total. The van der Waals surface area contributed by atoms with Crippen LogP contribution in [0.3, 0.4) is 0 Å². The fourth-order valence-corrected chi connectivity index (χ4v) is 7.79. The highest BCUT2D eigenvalue weighted by Crippen LogP contribution is 2.41. The predicted octanol–water partition coefficient (Wildman–Crippen LogP) is 13.6. The Kier molecular flexibility index (Phi) is 23.6. The number of benzene rings is 2. The second-order valence-electron chi connectivity index (χ2n) is 17.0. The number of allylic oxidation sites excluding steroid dienone is 2. The molecule has 0 aliphatic rings. The normalized spacial score (nSPS) is 12.5. The van der Waals surface area contributed by atoms with Gasteiger partial charge in [0.25, 0.3) is 0 Å². The fraction of sp³-hybridized carbons (Fsp3) is 0.627. The zero-order valence-corrected chi connectivity index (χ0v) is 36.7. The summed E-state index contributed by atoms with van der Waals surface area (Å²) in [6, 6.07) is 7.06. The molecule has 0 saturated heterocycles. The van der Waals surface area contributed by atoms with Crippen molar-refractivity contribution in [3.8, 4) is 28.4 Å². The highest BCUT2D eigenvalue weighted by molar-refractivity contribution is 5.92. The van der Waals surface area contributed by atoms with Crippen molar-refractivity contribution in [3.63, 3.8) is 0 Å². The number of hydrogen-bond donors (Lipinski definition) is 4. The van der Waals surface area contributed by atoms with Crippen LogP contribution in [0.4, 0.5) is 0 Å². The van der Waals surface area contributed by atoms with Crippen LogP contribution in [0.5, 0.6) is 17.2 Å². The number of hydrogen-bond acceptors (Lipinski definition) is 7. The summed E-state index contributed by atoms with van der Waals surface area (Å²) in [5.74, 6) is 0.0503. The Hall–Kier alpha value is -3.55. The van der Waals surface area contributed by atoms with E-state index in [9.17, 15) is 25.2 Å². The molecule has 2 aromatic carbocycles. The van der Waals surface area contributed by atoms with Gasteiger partial charge in [-0.3, -0.25) is 4.79 Å². The summed E-state index contributed by atoms with van der Waals surface area (Å²) in [6.07, 6.45) is 32.7. The Balaban J connectivity index is 1.37. The molecule has 3 aromatic rings. The van der Waals surface area contributed by atoms with Crippen LogP contribution in [-0.2, 0) is 12.8 Å². The van der Waals surface area contributed by atoms with E-state index in [1.165, 1.54) is 135 Å². The predicted molar refractivity (Wildman–Crippen MR) is 242 cm³/mol. The summed E-state index contributed by atoms with van der Waals surface area (Å²) in [5, 5.41) is 43.1. The van der Waals surface area contributed by atoms with Crippen molar-refractivity contribution in [1.29, 1.82) is 0 Å². The Morgan fingerprint density at radius 3 is 1.66 bits per heavy atom. The van der Waals surface area contributed by atoms with Crippen molar-refractivity contribution in [2.24, 2.45) is 0 Å². The molecule has 0 spiro atoms. The van der Waals surface area contributed by atoms with Crippen LogP contribution < -0.4 is 10.2 Å². The average molecular weight is 803 g/mol. The van der Waals surface area contributed by atoms with Crippen molar-refractivity contribution >= 4 is 11.0 Å². The lowest BCUT2D eigenvalue weighted by Crippen LogP contribution is -2.21. The number of aliphatic hydroxyl groups excluding tert-OH is 2. The first-order valence-electron chi connectivity index (χ1n) is 22.9. The lowest BCUT2D eigenvalue weighted by molar-refractivity contribution is 0.106. The lowest BCUT2D eigenvalue weighted by Gasteiger charge is -2.18. The molecule has 324 valence electrons. The highest BCUT2D eigenvalue weighted by Gasteiger charge is 2.25. The highest BCUT2D eigenvalue weighted by atomic mass is 16.5. The van der Waals surface area contributed by atoms with Gasteiger partial charge in [-0.1, -0.05) is 178 Å². The molecular weight excluding hydrogens is 725 g/mol. The first-order valence-corrected chi connectivity index (χ1v) is 22.9. The first kappa shape index (κ1) is 48.8. The molecule has 4 N–H and O–H groups in total. The molecule has 0 radical (unpaired) electrons. The number of rotatable bonds is 32. The Bertz CT molecular complexity index is 1700. The third kappa shape index (κ3) is 17.0. The van der Waals surface area contributed by atoms with Gasteiger partial charge in [0.2, 0.25) is 5.43 Å². The van der Waals surface area contributed by atoms with Gasteiger partial charge in [0.05, 0.1) is 18.3 Å². The Morgan fingerprint density at radius 1 is 0.724 bits per heavy atom. The third-order valence-corrected chi connectivity index (χ3v) is 11.6. The standard InChI is InChI=1S/C51H78O7/c1-6-7-8-9-10-11-12-13-14-15-16-17-18-19-20-21-22-23-24-25-26-27-28-42(36-52)58-41-32-30-40(31-33-41)45-37-57-51-44(35-46(53)39(4)5)48(54)43(34-29-38(2)3)49(55)47(51)50(45)56/h29-33,37,42,46,52-55H,4,6-28,34-36H2,1-3,5H3/t42-,46-/m0/s1. The maximum Gasteiger partial charge on any atom is 0.204 e. The minimum atomic E-state index is -0.974. The number of phenolic OH excluding ortho intramolecular Hbond substituents is 2. The van der Waals surface area contributed by atoms with E-state index in [0.717, 1.165) is 24.8 Å². The zero-order chi connectivity index (χ0) is 42.1. The van der Waals surface area contributed by atoms with Gasteiger partial charge in [-0.25, -0.2) is 0 Å². The van der Waals surface area contributed by atoms with Crippen LogP contribution in [0.2, 0.25) is 0 Å². The van der Waals surface area contributed by atoms with E-state index >= 15 is 0 Å². The van der Waals surface area contributed by atoms with Gasteiger partial charge >= 0.3 is 0 Å². The number of aromatic hydroxyl groups is 2. The quantitative estimate of drug-likeness (QED) is 0.0366. The number of ether oxygens (including phenoxy) is 1. The molecule has 3 rings (SSSR count). The number of unbranched alkanes of at least 4 members (excludes halogenated alkanes) is 21. The van der Waals surface area contributed by atoms with Crippen LogP contribution in [0.25, 0.3) is 22.1 Å². The summed E-state index contributed by atoms with van der Waals surface area (Å²) in [6.45, 7) is 11.5. The van der Waals surface area contributed by atoms with Crippen molar-refractivity contribution in [1.82, 2.24) is 0 Å². The van der Waals surface area contributed by atoms with Crippen LogP contribution in [-0.4, -0.2) is 39.2 Å². The largest absolute Gasteiger partial charge is 0.507 e. The number of fused-ring (bicyclic) bond motifs is 1. The Morgan fingerprint density at radius 2 is 1.21 bits per heavy atom. The summed E-state index contributed by atoms with van der Waals surface area (Å²) < 4.78 is 12.1. The molecule has 0 aliphatic carbocycles. The van der Waals surface area contributed by atoms with Gasteiger partial charge < -0.3 is 29.6 Å². The van der Waals surface area contributed by atoms with Gasteiger partial charge in [-0.15, -0.1) is 0 Å². The Labute approximate surface area is 350 Å². The van der Waals surface area contributed by atoms with E-state index in [-0.39, 0.29) is 64.7 Å². The topological polar surface area (TPSA) is 120 Å². The molecule has 0 saturated carbocycles. The van der Waals surface area contributed by atoms with Gasteiger partial charge in [-0.2, -0.15) is 0 Å². The number of phenols is 2. The van der Waals surface area contributed by atoms with E-state index in [2.05, 4.69) is 13.5 Å². The van der Waals surface area contributed by atoms with Crippen molar-refractivity contribution in [2.75, 3.05) is 6.61 Å². The van der Waals surface area contributed by atoms with Crippen molar-refractivity contribution in [2.45, 2.75) is 200 Å². The molecule has 0 amide bonds. The van der Waals surface area contributed by atoms with Crippen molar-refractivity contribution < 1.29 is 29.6 Å². The second-order valence-corrected chi connectivity index (χ2v) is 17.0. The van der Waals surface area contributed by atoms with Gasteiger partial charge in [-0.05, 0) is 57.7 Å². The third-order valence-electron chi connectivity index (χ3n) is 11.6. The van der Waals surface area contributed by atoms with E-state index < -0.39 is 11.5 Å². The first-order chi connectivity index (χ1) is 28.1. The van der Waals surface area contributed by atoms with Gasteiger partial charge in [0.15, 0.2) is 0 Å². The fourth-order valence-electron chi connectivity index (χ4n) is 7.79. The molecular formula is C51H78O7. The van der Waals surface area contributed by atoms with E-state index in [0.29, 0.717) is 16.9 Å². The summed E-state index contributed by atoms with van der Waals surface area (Å²) >= 11 is 0. The maximum absolute atomic E-state index is 13.9. The van der Waals surface area contributed by atoms with Crippen LogP contribution in [0.1, 0.15) is 187 Å². The second kappa shape index (κ2) is 28.0. The average Bonchev–Trinajstić information content (AvgIpc) is 3.20. The molecule has 7 heteroatoms. The smallest absolute Gasteiger partial charge is 0.204 e. The molecule has 1 aromatic heterocycles. The van der Waals surface area contributed by atoms with Crippen LogP contribution >= 0.6 is 0 Å². The summed E-state index contributed by atoms with van der Waals surface area (Å²) in [5.41, 5.74) is 2.33. The van der Waals surface area contributed by atoms with E-state index in [4.69, 9.17) is 9.15 Å². The van der Waals surface area contributed by atoms with Crippen molar-refractivity contribution in [3.05, 3.63) is 75.7 Å². The molecule has 0 aliphatic heterocycles. The molecule has 0 bridgehead atoms. The monoisotopic (exact) mass is 803 g/mol.